The smallest absolute Gasteiger partial charge is 0.0307 e. The summed E-state index contributed by atoms with van der Waals surface area (Å²) in [5.41, 5.74) is 0. The fourth-order valence-electron chi connectivity index (χ4n) is 0. The Balaban J connectivity index is -0.0000000160. The number of nitrogens with zero attached hydrogens (tertiary/aromatic N) is 1. The molecule has 1 nitrogen and oxygen atoms in total. The van der Waals surface area contributed by atoms with Crippen LogP contribution in [0.2, 0.25) is 13.1 Å². The van der Waals surface area contributed by atoms with Gasteiger partial charge in [-0.1, -0.05) is 13.1 Å². The second-order valence-corrected chi connectivity index (χ2v) is 1.95. The van der Waals surface area contributed by atoms with E-state index in [2.05, 4.69) is 18.4 Å². The summed E-state index contributed by atoms with van der Waals surface area (Å²) in [6, 6.07) is 0. The van der Waals surface area contributed by atoms with Gasteiger partial charge < -0.3 is 5.32 Å². The predicted molar refractivity (Wildman–Crippen MR) is 32.7 cm³/mol. The molecule has 0 amide bonds. The summed E-state index contributed by atoms with van der Waals surface area (Å²) in [4.78, 5) is 0. The first-order valence-corrected chi connectivity index (χ1v) is 3.89. The Hall–Kier alpha value is 1.97. The molecule has 0 aromatic heterocycles. The molecular weight excluding hydrogens is 363 g/mol. The molecule has 0 aromatic carbocycles. The Labute approximate surface area is 94.7 Å². The van der Waals surface area contributed by atoms with Crippen LogP contribution in [0.1, 0.15) is 0 Å². The van der Waals surface area contributed by atoms with Crippen molar-refractivity contribution < 1.29 is 53.8 Å². The van der Waals surface area contributed by atoms with Gasteiger partial charge in [0, 0.05) is 63.3 Å². The minimum atomic E-state index is 0. The quantitative estimate of drug-likeness (QED) is 0.569. The molecule has 0 N–H and O–H groups in total. The van der Waals surface area contributed by atoms with Gasteiger partial charge in [0.2, 0.25) is 0 Å². The zero-order valence-electron chi connectivity index (χ0n) is 5.93. The van der Waals surface area contributed by atoms with Crippen molar-refractivity contribution in [1.82, 2.24) is 0 Å². The molecule has 8 heavy (non-hydrogen) atoms. The normalized spacial score (nSPS) is 4.50. The second kappa shape index (κ2) is 36.2. The van der Waals surface area contributed by atoms with E-state index in [0.29, 0.717) is 0 Å². The molecule has 0 aliphatic rings. The van der Waals surface area contributed by atoms with Gasteiger partial charge in [-0.2, -0.15) is 14.1 Å². The summed E-state index contributed by atoms with van der Waals surface area (Å²) in [6.07, 6.45) is 0. The van der Waals surface area contributed by atoms with Crippen molar-refractivity contribution in [3.63, 3.8) is 0 Å². The topological polar surface area (TPSA) is 14.1 Å². The van der Waals surface area contributed by atoms with E-state index in [1.165, 1.54) is 0 Å². The molecule has 47 valence electrons. The van der Waals surface area contributed by atoms with Gasteiger partial charge in [0.05, 0.1) is 0 Å². The van der Waals surface area contributed by atoms with E-state index >= 15 is 0 Å². The Bertz CT molecular complexity index is 18.0. The SMILES string of the molecule is C[N-]C.C[Si]C.[W].[Y]. The maximum Gasteiger partial charge on any atom is 0.0307 e. The molecule has 0 aliphatic carbocycles. The zero-order chi connectivity index (χ0) is 5.41. The fourth-order valence-corrected chi connectivity index (χ4v) is 0. The van der Waals surface area contributed by atoms with Gasteiger partial charge in [-0.15, -0.1) is 0 Å². The first-order valence-electron chi connectivity index (χ1n) is 1.89. The summed E-state index contributed by atoms with van der Waals surface area (Å²) in [5.74, 6) is 0. The van der Waals surface area contributed by atoms with Crippen molar-refractivity contribution in [2.24, 2.45) is 0 Å². The first kappa shape index (κ1) is 22.5. The van der Waals surface area contributed by atoms with Crippen LogP contribution in [-0.2, 0) is 53.8 Å². The van der Waals surface area contributed by atoms with Crippen LogP contribution in [0.3, 0.4) is 0 Å². The van der Waals surface area contributed by atoms with E-state index in [1.807, 2.05) is 0 Å². The van der Waals surface area contributed by atoms with Crippen LogP contribution in [0.25, 0.3) is 5.32 Å². The molecule has 0 atom stereocenters. The van der Waals surface area contributed by atoms with Crippen LogP contribution in [0.4, 0.5) is 0 Å². The van der Waals surface area contributed by atoms with Crippen molar-refractivity contribution in [3.8, 4) is 0 Å². The maximum absolute atomic E-state index is 3.50. The van der Waals surface area contributed by atoms with Crippen LogP contribution in [0.15, 0.2) is 0 Å². The number of hydrogen-bond acceptors (Lipinski definition) is 0. The molecule has 3 radical (unpaired) electrons. The van der Waals surface area contributed by atoms with Crippen molar-refractivity contribution >= 4 is 9.52 Å². The van der Waals surface area contributed by atoms with Crippen LogP contribution in [0, 0.1) is 0 Å². The van der Waals surface area contributed by atoms with Gasteiger partial charge >= 0.3 is 0 Å². The average Bonchev–Trinajstić information content (AvgIpc) is 1.39. The van der Waals surface area contributed by atoms with E-state index in [0.717, 1.165) is 9.52 Å². The van der Waals surface area contributed by atoms with E-state index < -0.39 is 0 Å². The first-order chi connectivity index (χ1) is 2.83. The summed E-state index contributed by atoms with van der Waals surface area (Å²) in [7, 11) is 4.58. The van der Waals surface area contributed by atoms with Gasteiger partial charge in [-0.3, -0.25) is 0 Å². The van der Waals surface area contributed by atoms with Gasteiger partial charge in [0.15, 0.2) is 0 Å². The minimum absolute atomic E-state index is 0. The van der Waals surface area contributed by atoms with Gasteiger partial charge in [-0.05, 0) is 0 Å². The third-order valence-electron chi connectivity index (χ3n) is 0. The monoisotopic (exact) mass is 375 g/mol. The Kier molecular flexibility index (Phi) is 102. The molecule has 0 bridgehead atoms. The fraction of sp³-hybridized carbons (Fsp3) is 1.00. The number of rotatable bonds is 0. The molecule has 0 aliphatic heterocycles. The van der Waals surface area contributed by atoms with Gasteiger partial charge in [0.25, 0.3) is 0 Å². The average molecular weight is 375 g/mol. The van der Waals surface area contributed by atoms with E-state index in [-0.39, 0.29) is 53.8 Å². The molecule has 0 saturated heterocycles. The third kappa shape index (κ3) is 99.8. The van der Waals surface area contributed by atoms with Crippen LogP contribution in [0.5, 0.6) is 0 Å². The van der Waals surface area contributed by atoms with Crippen molar-refractivity contribution in [1.29, 1.82) is 0 Å². The van der Waals surface area contributed by atoms with Crippen LogP contribution >= 0.6 is 0 Å². The van der Waals surface area contributed by atoms with E-state index in [1.54, 1.807) is 14.1 Å². The Morgan fingerprint density at radius 2 is 1.12 bits per heavy atom. The largest absolute Gasteiger partial charge is 0.668 e. The van der Waals surface area contributed by atoms with Crippen molar-refractivity contribution in [2.75, 3.05) is 14.1 Å². The van der Waals surface area contributed by atoms with Gasteiger partial charge in [-0.25, -0.2) is 0 Å². The van der Waals surface area contributed by atoms with Gasteiger partial charge in [0.1, 0.15) is 0 Å². The molecule has 0 spiro atoms. The zero-order valence-corrected chi connectivity index (χ0v) is 12.7. The van der Waals surface area contributed by atoms with E-state index in [9.17, 15) is 0 Å². The van der Waals surface area contributed by atoms with Crippen LogP contribution in [-0.4, -0.2) is 23.6 Å². The van der Waals surface area contributed by atoms with Crippen molar-refractivity contribution in [2.45, 2.75) is 13.1 Å². The predicted octanol–water partition coefficient (Wildman–Crippen LogP) is 1.40. The summed E-state index contributed by atoms with van der Waals surface area (Å²) in [5, 5.41) is 3.50. The molecule has 0 rings (SSSR count). The van der Waals surface area contributed by atoms with E-state index in [4.69, 9.17) is 0 Å². The molecule has 0 unspecified atom stereocenters. The Morgan fingerprint density at radius 3 is 1.12 bits per heavy atom. The standard InChI is InChI=1S/C2H6N.C2H6Si.W.Y/c2*1-3-2;;/h2*1-2H3;;/q-1;;;. The molecule has 4 heteroatoms. The summed E-state index contributed by atoms with van der Waals surface area (Å²) < 4.78 is 0. The summed E-state index contributed by atoms with van der Waals surface area (Å²) in [6.45, 7) is 4.31. The second-order valence-electron chi connectivity index (χ2n) is 0.947. The molecule has 0 heterocycles. The van der Waals surface area contributed by atoms with Crippen LogP contribution < -0.4 is 0 Å². The Morgan fingerprint density at radius 1 is 1.12 bits per heavy atom. The van der Waals surface area contributed by atoms with Crippen molar-refractivity contribution in [3.05, 3.63) is 5.32 Å². The number of hydrogen-bond donors (Lipinski definition) is 0. The minimum Gasteiger partial charge on any atom is -0.668 e. The molecule has 0 fully saturated rings. The molecular formula is C4H12NSiWY-. The molecule has 0 aromatic rings. The molecule has 0 saturated carbocycles. The maximum atomic E-state index is 3.50. The third-order valence-corrected chi connectivity index (χ3v) is 0. The summed E-state index contributed by atoms with van der Waals surface area (Å²) >= 11 is 0.